The third kappa shape index (κ3) is 2.96. The first-order chi connectivity index (χ1) is 14.2. The Morgan fingerprint density at radius 2 is 2.13 bits per heavy atom. The maximum Gasteiger partial charge on any atom is 0.274 e. The molecule has 0 saturated heterocycles. The second-order valence-corrected chi connectivity index (χ2v) is 8.09. The van der Waals surface area contributed by atoms with E-state index >= 15 is 0 Å². The fourth-order valence-electron chi connectivity index (χ4n) is 4.10. The molecule has 8 nitrogen and oxygen atoms in total. The number of pyridine rings is 1. The van der Waals surface area contributed by atoms with Gasteiger partial charge in [-0.2, -0.15) is 0 Å². The average Bonchev–Trinajstić information content (AvgIpc) is 3.42. The summed E-state index contributed by atoms with van der Waals surface area (Å²) in [4.78, 5) is 39.2. The number of aliphatic hydroxyl groups is 1. The molecular weight excluding hydrogens is 417 g/mol. The maximum absolute atomic E-state index is 14.0. The number of hydrogen-bond donors (Lipinski definition) is 3. The van der Waals surface area contributed by atoms with Crippen molar-refractivity contribution >= 4 is 23.4 Å². The molecule has 1 aromatic heterocycles. The zero-order valence-electron chi connectivity index (χ0n) is 16.0. The Kier molecular flexibility index (Phi) is 4.82. The first kappa shape index (κ1) is 20.4. The molecule has 2 aliphatic rings. The van der Waals surface area contributed by atoms with E-state index in [1.165, 1.54) is 33.9 Å². The molecule has 3 N–H and O–H groups in total. The predicted octanol–water partition coefficient (Wildman–Crippen LogP) is 1.07. The summed E-state index contributed by atoms with van der Waals surface area (Å²) < 4.78 is 15.5. The zero-order chi connectivity index (χ0) is 21.8. The number of likely N-dealkylation sites (N-methyl/N-ethyl adjacent to an activating group) is 1. The van der Waals surface area contributed by atoms with E-state index in [1.54, 1.807) is 7.05 Å². The molecule has 0 unspecified atom stereocenters. The summed E-state index contributed by atoms with van der Waals surface area (Å²) in [5, 5.41) is 22.4. The second kappa shape index (κ2) is 7.10. The van der Waals surface area contributed by atoms with Gasteiger partial charge in [-0.15, -0.1) is 0 Å². The van der Waals surface area contributed by atoms with Crippen molar-refractivity contribution in [3.8, 4) is 5.75 Å². The van der Waals surface area contributed by atoms with Crippen LogP contribution in [-0.2, 0) is 12.1 Å². The molecule has 0 radical (unpaired) electrons. The fraction of sp³-hybridized carbons (Fsp3) is 0.350. The Bertz CT molecular complexity index is 1130. The molecule has 1 aliphatic heterocycles. The quantitative estimate of drug-likeness (QED) is 0.665. The molecule has 0 bridgehead atoms. The van der Waals surface area contributed by atoms with Crippen LogP contribution in [0.25, 0.3) is 0 Å². The number of carbonyl (C=O) groups is 2. The molecule has 30 heavy (non-hydrogen) atoms. The van der Waals surface area contributed by atoms with Crippen LogP contribution >= 0.6 is 11.6 Å². The van der Waals surface area contributed by atoms with E-state index in [4.69, 9.17) is 11.6 Å². The van der Waals surface area contributed by atoms with Crippen LogP contribution in [0.3, 0.4) is 0 Å². The molecule has 1 aromatic carbocycles. The normalized spacial score (nSPS) is 22.2. The lowest BCUT2D eigenvalue weighted by Gasteiger charge is -2.35. The molecule has 1 saturated carbocycles. The smallest absolute Gasteiger partial charge is 0.274 e. The molecule has 1 spiro atoms. The lowest BCUT2D eigenvalue weighted by atomic mass is 10.0. The van der Waals surface area contributed by atoms with Gasteiger partial charge in [0.15, 0.2) is 11.4 Å². The van der Waals surface area contributed by atoms with Crippen LogP contribution < -0.4 is 10.7 Å². The van der Waals surface area contributed by atoms with E-state index in [2.05, 4.69) is 5.32 Å². The van der Waals surface area contributed by atoms with Gasteiger partial charge in [-0.3, -0.25) is 14.4 Å². The summed E-state index contributed by atoms with van der Waals surface area (Å²) in [5.74, 6) is -3.05. The Morgan fingerprint density at radius 1 is 1.40 bits per heavy atom. The van der Waals surface area contributed by atoms with Crippen LogP contribution in [0.15, 0.2) is 29.2 Å². The van der Waals surface area contributed by atoms with E-state index in [-0.39, 0.29) is 47.5 Å². The number of fused-ring (bicyclic) bond motifs is 2. The first-order valence-corrected chi connectivity index (χ1v) is 9.65. The van der Waals surface area contributed by atoms with E-state index in [0.717, 1.165) is 0 Å². The number of halogens is 2. The molecule has 2 aromatic rings. The second-order valence-electron chi connectivity index (χ2n) is 7.68. The highest BCUT2D eigenvalue weighted by atomic mass is 35.5. The summed E-state index contributed by atoms with van der Waals surface area (Å²) >= 11 is 5.73. The number of carbonyl (C=O) groups excluding carboxylic acids is 2. The minimum absolute atomic E-state index is 0.0957. The van der Waals surface area contributed by atoms with E-state index in [9.17, 15) is 29.0 Å². The minimum atomic E-state index is -0.995. The third-order valence-electron chi connectivity index (χ3n) is 5.86. The Labute approximate surface area is 175 Å². The number of hydrogen-bond acceptors (Lipinski definition) is 5. The van der Waals surface area contributed by atoms with Crippen molar-refractivity contribution in [1.82, 2.24) is 14.8 Å². The summed E-state index contributed by atoms with van der Waals surface area (Å²) in [7, 11) is 1.55. The number of aromatic hydroxyl groups is 1. The van der Waals surface area contributed by atoms with Crippen molar-refractivity contribution in [3.63, 3.8) is 0 Å². The van der Waals surface area contributed by atoms with Crippen LogP contribution in [0.5, 0.6) is 5.75 Å². The van der Waals surface area contributed by atoms with Gasteiger partial charge >= 0.3 is 0 Å². The third-order valence-corrected chi connectivity index (χ3v) is 6.15. The monoisotopic (exact) mass is 435 g/mol. The van der Waals surface area contributed by atoms with Crippen molar-refractivity contribution in [3.05, 3.63) is 62.3 Å². The number of aliphatic hydroxyl groups excluding tert-OH is 1. The van der Waals surface area contributed by atoms with Gasteiger partial charge in [-0.1, -0.05) is 23.7 Å². The zero-order valence-corrected chi connectivity index (χ0v) is 16.7. The highest BCUT2D eigenvalue weighted by Gasteiger charge is 2.59. The summed E-state index contributed by atoms with van der Waals surface area (Å²) in [6.45, 7) is -0.0790. The molecule has 2 atom stereocenters. The number of rotatable bonds is 4. The lowest BCUT2D eigenvalue weighted by Crippen LogP contribution is -2.48. The number of benzene rings is 1. The molecule has 158 valence electrons. The number of aromatic nitrogens is 1. The summed E-state index contributed by atoms with van der Waals surface area (Å²) in [6, 6.07) is 4.34. The standard InChI is InChI=1S/C20H19ClFN3O5/c1-24-9-20(5-11(20)8-26)25-7-12(16(27)17(28)15(25)19(24)30)18(29)23-6-10-3-2-4-13(21)14(10)22/h2-4,7,11,26,28H,5-6,8-9H2,1H3,(H,23,29)/t11-,20-/m1/s1. The SMILES string of the molecule is CN1C[C@@]2(C[C@@H]2CO)n2cc(C(=O)NCc3cccc(Cl)c3F)c(=O)c(O)c2C1=O. The summed E-state index contributed by atoms with van der Waals surface area (Å²) in [5.41, 5.74) is -2.13. The first-order valence-electron chi connectivity index (χ1n) is 9.27. The highest BCUT2D eigenvalue weighted by Crippen LogP contribution is 2.53. The van der Waals surface area contributed by atoms with Gasteiger partial charge in [0.25, 0.3) is 11.8 Å². The molecule has 1 aliphatic carbocycles. The average molecular weight is 436 g/mol. The number of amides is 2. The van der Waals surface area contributed by atoms with E-state index in [0.29, 0.717) is 6.42 Å². The summed E-state index contributed by atoms with van der Waals surface area (Å²) in [6.07, 6.45) is 1.77. The van der Waals surface area contributed by atoms with Crippen LogP contribution in [0.4, 0.5) is 4.39 Å². The molecular formula is C20H19ClFN3O5. The van der Waals surface area contributed by atoms with Gasteiger partial charge in [0.2, 0.25) is 5.43 Å². The lowest BCUT2D eigenvalue weighted by molar-refractivity contribution is 0.0672. The maximum atomic E-state index is 14.0. The molecule has 4 rings (SSSR count). The van der Waals surface area contributed by atoms with E-state index < -0.39 is 34.3 Å². The molecule has 2 heterocycles. The number of nitrogens with zero attached hydrogens (tertiary/aromatic N) is 2. The van der Waals surface area contributed by atoms with Gasteiger partial charge < -0.3 is 25.0 Å². The van der Waals surface area contributed by atoms with Gasteiger partial charge in [0, 0.05) is 44.4 Å². The van der Waals surface area contributed by atoms with Gasteiger partial charge in [0.05, 0.1) is 10.6 Å². The van der Waals surface area contributed by atoms with Gasteiger partial charge in [-0.25, -0.2) is 4.39 Å². The van der Waals surface area contributed by atoms with Crippen molar-refractivity contribution in [2.45, 2.75) is 18.5 Å². The van der Waals surface area contributed by atoms with Crippen LogP contribution in [0.1, 0.15) is 32.8 Å². The van der Waals surface area contributed by atoms with E-state index in [1.807, 2.05) is 0 Å². The molecule has 10 heteroatoms. The van der Waals surface area contributed by atoms with Gasteiger partial charge in [-0.05, 0) is 12.5 Å². The molecule has 2 amide bonds. The fourth-order valence-corrected chi connectivity index (χ4v) is 4.30. The predicted molar refractivity (Wildman–Crippen MR) is 105 cm³/mol. The minimum Gasteiger partial charge on any atom is -0.503 e. The van der Waals surface area contributed by atoms with Crippen molar-refractivity contribution < 1.29 is 24.2 Å². The van der Waals surface area contributed by atoms with Crippen molar-refractivity contribution in [2.75, 3.05) is 20.2 Å². The molecule has 1 fully saturated rings. The van der Waals surface area contributed by atoms with Gasteiger partial charge in [0.1, 0.15) is 11.4 Å². The van der Waals surface area contributed by atoms with Crippen LogP contribution in [-0.4, -0.2) is 51.7 Å². The van der Waals surface area contributed by atoms with Crippen LogP contribution in [0, 0.1) is 11.7 Å². The topological polar surface area (TPSA) is 112 Å². The van der Waals surface area contributed by atoms with Crippen molar-refractivity contribution in [2.24, 2.45) is 5.92 Å². The Balaban J connectivity index is 1.71. The largest absolute Gasteiger partial charge is 0.503 e. The highest BCUT2D eigenvalue weighted by molar-refractivity contribution is 6.30. The van der Waals surface area contributed by atoms with Crippen molar-refractivity contribution in [1.29, 1.82) is 0 Å². The Hall–Kier alpha value is -2.91. The van der Waals surface area contributed by atoms with Crippen LogP contribution in [0.2, 0.25) is 5.02 Å². The number of nitrogens with one attached hydrogen (secondary N) is 1. The Morgan fingerprint density at radius 3 is 2.80 bits per heavy atom.